The molecule has 0 spiro atoms. The maximum atomic E-state index is 11.3. The van der Waals surface area contributed by atoms with E-state index >= 15 is 0 Å². The highest BCUT2D eigenvalue weighted by Crippen LogP contribution is 2.27. The van der Waals surface area contributed by atoms with Gasteiger partial charge in [0.2, 0.25) is 0 Å². The number of carbonyl (C=O) groups excluding carboxylic acids is 1. The SMILES string of the molecule is COC(=O)CC(C)c1cccc2ccccc12. The van der Waals surface area contributed by atoms with Gasteiger partial charge in [0.1, 0.15) is 0 Å². The van der Waals surface area contributed by atoms with Gasteiger partial charge >= 0.3 is 5.97 Å². The minimum absolute atomic E-state index is 0.162. The smallest absolute Gasteiger partial charge is 0.306 e. The van der Waals surface area contributed by atoms with Gasteiger partial charge in [-0.15, -0.1) is 0 Å². The third-order valence-electron chi connectivity index (χ3n) is 3.05. The number of hydrogen-bond acceptors (Lipinski definition) is 2. The van der Waals surface area contributed by atoms with E-state index in [1.807, 2.05) is 18.2 Å². The summed E-state index contributed by atoms with van der Waals surface area (Å²) in [6.07, 6.45) is 0.421. The number of rotatable bonds is 3. The van der Waals surface area contributed by atoms with Crippen LogP contribution in [-0.4, -0.2) is 13.1 Å². The van der Waals surface area contributed by atoms with E-state index in [0.717, 1.165) is 0 Å². The number of carbonyl (C=O) groups is 1. The van der Waals surface area contributed by atoms with Crippen LogP contribution < -0.4 is 0 Å². The van der Waals surface area contributed by atoms with Crippen LogP contribution in [-0.2, 0) is 9.53 Å². The van der Waals surface area contributed by atoms with Gasteiger partial charge in [-0.1, -0.05) is 49.4 Å². The molecule has 0 aromatic heterocycles. The number of hydrogen-bond donors (Lipinski definition) is 0. The van der Waals surface area contributed by atoms with Gasteiger partial charge in [-0.3, -0.25) is 4.79 Å². The summed E-state index contributed by atoms with van der Waals surface area (Å²) >= 11 is 0. The molecule has 0 N–H and O–H groups in total. The van der Waals surface area contributed by atoms with Crippen LogP contribution >= 0.6 is 0 Å². The molecule has 0 aliphatic carbocycles. The molecule has 2 aromatic rings. The van der Waals surface area contributed by atoms with Gasteiger partial charge in [-0.2, -0.15) is 0 Å². The molecule has 0 aliphatic rings. The van der Waals surface area contributed by atoms with E-state index in [2.05, 4.69) is 31.2 Å². The fourth-order valence-electron chi connectivity index (χ4n) is 2.12. The van der Waals surface area contributed by atoms with Crippen molar-refractivity contribution in [1.82, 2.24) is 0 Å². The summed E-state index contributed by atoms with van der Waals surface area (Å²) in [5.41, 5.74) is 1.20. The van der Waals surface area contributed by atoms with Crippen molar-refractivity contribution in [2.75, 3.05) is 7.11 Å². The Bertz CT molecular complexity index is 526. The average Bonchev–Trinajstić information content (AvgIpc) is 2.37. The van der Waals surface area contributed by atoms with Crippen LogP contribution in [0.15, 0.2) is 42.5 Å². The Morgan fingerprint density at radius 2 is 1.88 bits per heavy atom. The molecule has 0 fully saturated rings. The van der Waals surface area contributed by atoms with E-state index in [1.54, 1.807) is 0 Å². The van der Waals surface area contributed by atoms with Gasteiger partial charge in [0.25, 0.3) is 0 Å². The zero-order valence-corrected chi connectivity index (χ0v) is 10.1. The summed E-state index contributed by atoms with van der Waals surface area (Å²) in [6, 6.07) is 14.4. The molecule has 0 saturated heterocycles. The van der Waals surface area contributed by atoms with Crippen molar-refractivity contribution in [3.63, 3.8) is 0 Å². The number of esters is 1. The van der Waals surface area contributed by atoms with Gasteiger partial charge in [0, 0.05) is 0 Å². The lowest BCUT2D eigenvalue weighted by atomic mass is 9.92. The molecular formula is C15H16O2. The van der Waals surface area contributed by atoms with Gasteiger partial charge < -0.3 is 4.74 Å². The molecule has 0 amide bonds. The van der Waals surface area contributed by atoms with Crippen molar-refractivity contribution in [3.8, 4) is 0 Å². The lowest BCUT2D eigenvalue weighted by molar-refractivity contribution is -0.140. The number of fused-ring (bicyclic) bond motifs is 1. The normalized spacial score (nSPS) is 12.4. The minimum atomic E-state index is -0.162. The van der Waals surface area contributed by atoms with Crippen molar-refractivity contribution in [2.45, 2.75) is 19.3 Å². The number of methoxy groups -OCH3 is 1. The quantitative estimate of drug-likeness (QED) is 0.751. The van der Waals surface area contributed by atoms with Gasteiger partial charge in [-0.25, -0.2) is 0 Å². The lowest BCUT2D eigenvalue weighted by Gasteiger charge is -2.13. The Labute approximate surface area is 101 Å². The zero-order chi connectivity index (χ0) is 12.3. The fraction of sp³-hybridized carbons (Fsp3) is 0.267. The predicted molar refractivity (Wildman–Crippen MR) is 69.0 cm³/mol. The summed E-state index contributed by atoms with van der Waals surface area (Å²) in [4.78, 5) is 11.3. The van der Waals surface area contributed by atoms with Crippen LogP contribution in [0.2, 0.25) is 0 Å². The Hall–Kier alpha value is -1.83. The molecule has 2 rings (SSSR count). The third-order valence-corrected chi connectivity index (χ3v) is 3.05. The highest BCUT2D eigenvalue weighted by molar-refractivity contribution is 5.86. The summed E-state index contributed by atoms with van der Waals surface area (Å²) in [7, 11) is 1.43. The first kappa shape index (κ1) is 11.6. The van der Waals surface area contributed by atoms with Crippen LogP contribution in [0.1, 0.15) is 24.8 Å². The Morgan fingerprint density at radius 3 is 2.65 bits per heavy atom. The van der Waals surface area contributed by atoms with Crippen molar-refractivity contribution in [1.29, 1.82) is 0 Å². The molecule has 0 radical (unpaired) electrons. The second kappa shape index (κ2) is 5.00. The summed E-state index contributed by atoms with van der Waals surface area (Å²) < 4.78 is 4.72. The standard InChI is InChI=1S/C15H16O2/c1-11(10-15(16)17-2)13-9-5-7-12-6-3-4-8-14(12)13/h3-9,11H,10H2,1-2H3. The van der Waals surface area contributed by atoms with Gasteiger partial charge in [-0.05, 0) is 22.3 Å². The van der Waals surface area contributed by atoms with E-state index in [1.165, 1.54) is 23.4 Å². The molecule has 2 nitrogen and oxygen atoms in total. The monoisotopic (exact) mass is 228 g/mol. The van der Waals surface area contributed by atoms with Crippen molar-refractivity contribution >= 4 is 16.7 Å². The first-order valence-electron chi connectivity index (χ1n) is 5.77. The third kappa shape index (κ3) is 2.47. The molecule has 0 saturated carbocycles. The van der Waals surface area contributed by atoms with Crippen LogP contribution in [0.3, 0.4) is 0 Å². The molecule has 0 aliphatic heterocycles. The molecule has 0 heterocycles. The predicted octanol–water partition coefficient (Wildman–Crippen LogP) is 3.51. The molecule has 2 aromatic carbocycles. The van der Waals surface area contributed by atoms with Crippen molar-refractivity contribution in [2.24, 2.45) is 0 Å². The second-order valence-electron chi connectivity index (χ2n) is 4.25. The Balaban J connectivity index is 2.38. The van der Waals surface area contributed by atoms with E-state index < -0.39 is 0 Å². The molecule has 88 valence electrons. The van der Waals surface area contributed by atoms with E-state index in [-0.39, 0.29) is 11.9 Å². The highest BCUT2D eigenvalue weighted by atomic mass is 16.5. The fourth-order valence-corrected chi connectivity index (χ4v) is 2.12. The number of benzene rings is 2. The summed E-state index contributed by atoms with van der Waals surface area (Å²) in [6.45, 7) is 2.05. The lowest BCUT2D eigenvalue weighted by Crippen LogP contribution is -2.06. The summed E-state index contributed by atoms with van der Waals surface area (Å²) in [5, 5.41) is 2.42. The molecular weight excluding hydrogens is 212 g/mol. The zero-order valence-electron chi connectivity index (χ0n) is 10.1. The number of ether oxygens (including phenoxy) is 1. The van der Waals surface area contributed by atoms with E-state index in [9.17, 15) is 4.79 Å². The molecule has 1 unspecified atom stereocenters. The van der Waals surface area contributed by atoms with E-state index in [0.29, 0.717) is 6.42 Å². The van der Waals surface area contributed by atoms with Crippen LogP contribution in [0.25, 0.3) is 10.8 Å². The first-order valence-corrected chi connectivity index (χ1v) is 5.77. The molecule has 0 bridgehead atoms. The van der Waals surface area contributed by atoms with Crippen LogP contribution in [0.4, 0.5) is 0 Å². The molecule has 17 heavy (non-hydrogen) atoms. The topological polar surface area (TPSA) is 26.3 Å². The maximum Gasteiger partial charge on any atom is 0.306 e. The Kier molecular flexibility index (Phi) is 3.43. The largest absolute Gasteiger partial charge is 0.469 e. The summed E-state index contributed by atoms with van der Waals surface area (Å²) in [5.74, 6) is 0.0129. The minimum Gasteiger partial charge on any atom is -0.469 e. The van der Waals surface area contributed by atoms with Crippen molar-refractivity contribution < 1.29 is 9.53 Å². The van der Waals surface area contributed by atoms with Crippen molar-refractivity contribution in [3.05, 3.63) is 48.0 Å². The van der Waals surface area contributed by atoms with Gasteiger partial charge in [0.15, 0.2) is 0 Å². The highest BCUT2D eigenvalue weighted by Gasteiger charge is 2.13. The van der Waals surface area contributed by atoms with E-state index in [4.69, 9.17) is 4.74 Å². The molecule has 2 heteroatoms. The van der Waals surface area contributed by atoms with Crippen LogP contribution in [0, 0.1) is 0 Å². The van der Waals surface area contributed by atoms with Crippen LogP contribution in [0.5, 0.6) is 0 Å². The van der Waals surface area contributed by atoms with Gasteiger partial charge in [0.05, 0.1) is 13.5 Å². The second-order valence-corrected chi connectivity index (χ2v) is 4.25. The molecule has 1 atom stereocenters. The first-order chi connectivity index (χ1) is 8.22. The maximum absolute atomic E-state index is 11.3. The average molecular weight is 228 g/mol. The Morgan fingerprint density at radius 1 is 1.18 bits per heavy atom.